The van der Waals surface area contributed by atoms with Crippen molar-refractivity contribution in [2.45, 2.75) is 24.9 Å². The molecule has 0 saturated carbocycles. The Bertz CT molecular complexity index is 1170. The van der Waals surface area contributed by atoms with Gasteiger partial charge in [0.25, 0.3) is 11.4 Å². The zero-order chi connectivity index (χ0) is 21.4. The number of oxazole rings is 2. The lowest BCUT2D eigenvalue weighted by atomic mass is 10.0. The van der Waals surface area contributed by atoms with Crippen molar-refractivity contribution in [3.63, 3.8) is 0 Å². The number of nitrogens with zero attached hydrogens (tertiary/aromatic N) is 4. The largest absolute Gasteiger partial charge is 0.441 e. The summed E-state index contributed by atoms with van der Waals surface area (Å²) in [6, 6.07) is 7.16. The van der Waals surface area contributed by atoms with E-state index in [9.17, 15) is 20.2 Å². The van der Waals surface area contributed by atoms with Crippen LogP contribution < -0.4 is 11.5 Å². The van der Waals surface area contributed by atoms with Crippen molar-refractivity contribution in [1.82, 2.24) is 9.97 Å². The Kier molecular flexibility index (Phi) is 4.85. The standard InChI is InChI=1S/C18H16N6O6/c19-11(7-17-21-13-5-9(23(25)26)1-3-15(13)29-17)12(20)8-18-22-14-6-10(24(27)28)2-4-16(14)30-18/h1-6,11-12H,7-8,19-20H2. The van der Waals surface area contributed by atoms with Crippen molar-refractivity contribution >= 4 is 33.6 Å². The van der Waals surface area contributed by atoms with Crippen LogP contribution in [0.25, 0.3) is 22.2 Å². The highest BCUT2D eigenvalue weighted by molar-refractivity contribution is 5.76. The molecule has 2 aromatic carbocycles. The summed E-state index contributed by atoms with van der Waals surface area (Å²) in [5.41, 5.74) is 13.7. The number of fused-ring (bicyclic) bond motifs is 2. The molecule has 12 heteroatoms. The van der Waals surface area contributed by atoms with Gasteiger partial charge in [-0.1, -0.05) is 0 Å². The second kappa shape index (κ2) is 7.50. The lowest BCUT2D eigenvalue weighted by molar-refractivity contribution is -0.384. The van der Waals surface area contributed by atoms with E-state index in [1.54, 1.807) is 0 Å². The van der Waals surface area contributed by atoms with Gasteiger partial charge in [-0.05, 0) is 12.1 Å². The zero-order valence-corrected chi connectivity index (χ0v) is 15.4. The number of rotatable bonds is 7. The van der Waals surface area contributed by atoms with Gasteiger partial charge >= 0.3 is 0 Å². The SMILES string of the molecule is NC(Cc1nc2cc([N+](=O)[O-])ccc2o1)C(N)Cc1nc2cc([N+](=O)[O-])ccc2o1. The Morgan fingerprint density at radius 2 is 1.20 bits per heavy atom. The van der Waals surface area contributed by atoms with Crippen LogP contribution in [0.5, 0.6) is 0 Å². The van der Waals surface area contributed by atoms with Gasteiger partial charge in [-0.25, -0.2) is 9.97 Å². The predicted molar refractivity (Wildman–Crippen MR) is 105 cm³/mol. The second-order valence-electron chi connectivity index (χ2n) is 6.77. The van der Waals surface area contributed by atoms with Gasteiger partial charge < -0.3 is 20.3 Å². The Morgan fingerprint density at radius 1 is 0.800 bits per heavy atom. The maximum Gasteiger partial charge on any atom is 0.271 e. The van der Waals surface area contributed by atoms with Crippen LogP contribution in [-0.4, -0.2) is 31.9 Å². The van der Waals surface area contributed by atoms with Crippen molar-refractivity contribution < 1.29 is 18.7 Å². The van der Waals surface area contributed by atoms with Crippen molar-refractivity contribution in [3.8, 4) is 0 Å². The number of hydrogen-bond acceptors (Lipinski definition) is 10. The fraction of sp³-hybridized carbons (Fsp3) is 0.222. The van der Waals surface area contributed by atoms with E-state index in [0.717, 1.165) is 0 Å². The molecule has 0 saturated heterocycles. The Labute approximate surface area is 167 Å². The summed E-state index contributed by atoms with van der Waals surface area (Å²) < 4.78 is 11.2. The fourth-order valence-electron chi connectivity index (χ4n) is 3.03. The summed E-state index contributed by atoms with van der Waals surface area (Å²) in [6.45, 7) is 0. The summed E-state index contributed by atoms with van der Waals surface area (Å²) in [5.74, 6) is 0.614. The van der Waals surface area contributed by atoms with Crippen LogP contribution in [0.2, 0.25) is 0 Å². The molecule has 2 unspecified atom stereocenters. The molecule has 0 fully saturated rings. The van der Waals surface area contributed by atoms with Crippen molar-refractivity contribution in [2.24, 2.45) is 11.5 Å². The minimum Gasteiger partial charge on any atom is -0.441 e. The van der Waals surface area contributed by atoms with Crippen LogP contribution in [-0.2, 0) is 12.8 Å². The normalized spacial score (nSPS) is 13.5. The van der Waals surface area contributed by atoms with Gasteiger partial charge in [-0.15, -0.1) is 0 Å². The number of nitrogens with two attached hydrogens (primary N) is 2. The first-order valence-electron chi connectivity index (χ1n) is 8.89. The summed E-state index contributed by atoms with van der Waals surface area (Å²) in [4.78, 5) is 29.2. The van der Waals surface area contributed by atoms with E-state index < -0.39 is 21.9 Å². The van der Waals surface area contributed by atoms with Crippen molar-refractivity contribution in [3.05, 3.63) is 68.4 Å². The zero-order valence-electron chi connectivity index (χ0n) is 15.4. The Hall–Kier alpha value is -3.90. The van der Waals surface area contributed by atoms with Crippen molar-refractivity contribution in [1.29, 1.82) is 0 Å². The van der Waals surface area contributed by atoms with Crippen LogP contribution in [0.15, 0.2) is 45.2 Å². The molecule has 0 spiro atoms. The highest BCUT2D eigenvalue weighted by Crippen LogP contribution is 2.24. The van der Waals surface area contributed by atoms with Gasteiger partial charge in [0.1, 0.15) is 11.0 Å². The van der Waals surface area contributed by atoms with Gasteiger partial charge in [0, 0.05) is 49.2 Å². The first-order chi connectivity index (χ1) is 14.3. The number of non-ortho nitro benzene ring substituents is 2. The average molecular weight is 412 g/mol. The van der Waals surface area contributed by atoms with E-state index in [0.29, 0.717) is 34.0 Å². The summed E-state index contributed by atoms with van der Waals surface area (Å²) in [7, 11) is 0. The minimum absolute atomic E-state index is 0.0838. The molecule has 12 nitrogen and oxygen atoms in total. The number of nitro benzene ring substituents is 2. The molecule has 0 aliphatic carbocycles. The predicted octanol–water partition coefficient (Wildman–Crippen LogP) is 2.23. The van der Waals surface area contributed by atoms with E-state index in [-0.39, 0.29) is 24.2 Å². The molecule has 0 aliphatic heterocycles. The summed E-state index contributed by atoms with van der Waals surface area (Å²) >= 11 is 0. The smallest absolute Gasteiger partial charge is 0.271 e. The quantitative estimate of drug-likeness (QED) is 0.336. The van der Waals surface area contributed by atoms with Gasteiger partial charge in [0.2, 0.25) is 0 Å². The van der Waals surface area contributed by atoms with Crippen LogP contribution >= 0.6 is 0 Å². The third kappa shape index (κ3) is 3.81. The molecule has 4 rings (SSSR count). The summed E-state index contributed by atoms with van der Waals surface area (Å²) in [6.07, 6.45) is 0.407. The number of benzene rings is 2. The van der Waals surface area contributed by atoms with Crippen LogP contribution in [0.1, 0.15) is 11.8 Å². The first-order valence-corrected chi connectivity index (χ1v) is 8.89. The van der Waals surface area contributed by atoms with E-state index in [1.165, 1.54) is 36.4 Å². The van der Waals surface area contributed by atoms with Gasteiger partial charge in [0.05, 0.1) is 9.85 Å². The van der Waals surface area contributed by atoms with Gasteiger partial charge in [-0.3, -0.25) is 20.2 Å². The van der Waals surface area contributed by atoms with Gasteiger partial charge in [0.15, 0.2) is 22.9 Å². The van der Waals surface area contributed by atoms with E-state index in [1.807, 2.05) is 0 Å². The number of hydrogen-bond donors (Lipinski definition) is 2. The third-order valence-corrected chi connectivity index (χ3v) is 4.62. The average Bonchev–Trinajstić information content (AvgIpc) is 3.28. The molecule has 154 valence electrons. The van der Waals surface area contributed by atoms with Crippen LogP contribution in [0, 0.1) is 20.2 Å². The number of aromatic nitrogens is 2. The molecule has 2 heterocycles. The molecule has 4 aromatic rings. The Morgan fingerprint density at radius 3 is 1.57 bits per heavy atom. The lowest BCUT2D eigenvalue weighted by Gasteiger charge is -2.16. The third-order valence-electron chi connectivity index (χ3n) is 4.62. The second-order valence-corrected chi connectivity index (χ2v) is 6.77. The van der Waals surface area contributed by atoms with Crippen molar-refractivity contribution in [2.75, 3.05) is 0 Å². The van der Waals surface area contributed by atoms with Gasteiger partial charge in [-0.2, -0.15) is 0 Å². The molecule has 0 aliphatic rings. The van der Waals surface area contributed by atoms with Crippen LogP contribution in [0.3, 0.4) is 0 Å². The molecule has 0 bridgehead atoms. The summed E-state index contributed by atoms with van der Waals surface area (Å²) in [5, 5.41) is 21.7. The number of nitro groups is 2. The maximum atomic E-state index is 10.9. The molecular formula is C18H16N6O6. The molecule has 0 amide bonds. The Balaban J connectivity index is 1.46. The topological polar surface area (TPSA) is 190 Å². The fourth-order valence-corrected chi connectivity index (χ4v) is 3.03. The van der Waals surface area contributed by atoms with E-state index in [2.05, 4.69) is 9.97 Å². The minimum atomic E-state index is -0.558. The molecule has 30 heavy (non-hydrogen) atoms. The highest BCUT2D eigenvalue weighted by atomic mass is 16.6. The van der Waals surface area contributed by atoms with Crippen LogP contribution in [0.4, 0.5) is 11.4 Å². The lowest BCUT2D eigenvalue weighted by Crippen LogP contribution is -2.44. The monoisotopic (exact) mass is 412 g/mol. The maximum absolute atomic E-state index is 10.9. The molecule has 4 N–H and O–H groups in total. The van der Waals surface area contributed by atoms with E-state index >= 15 is 0 Å². The van der Waals surface area contributed by atoms with E-state index in [4.69, 9.17) is 20.3 Å². The molecule has 0 radical (unpaired) electrons. The highest BCUT2D eigenvalue weighted by Gasteiger charge is 2.21. The first kappa shape index (κ1) is 19.4. The molecule has 2 aromatic heterocycles. The molecule has 2 atom stereocenters. The molecular weight excluding hydrogens is 396 g/mol.